The molecule has 0 heterocycles. The molecule has 0 fully saturated rings. The molecule has 0 aliphatic heterocycles. The van der Waals surface area contributed by atoms with Gasteiger partial charge in [0, 0.05) is 6.42 Å². The lowest BCUT2D eigenvalue weighted by Gasteiger charge is -2.24. The predicted molar refractivity (Wildman–Crippen MR) is 50.9 cm³/mol. The van der Waals surface area contributed by atoms with Crippen LogP contribution in [0.5, 0.6) is 0 Å². The highest BCUT2D eigenvalue weighted by atomic mass is 16.6. The van der Waals surface area contributed by atoms with Crippen molar-refractivity contribution in [2.24, 2.45) is 5.92 Å². The molecule has 2 nitrogen and oxygen atoms in total. The lowest BCUT2D eigenvalue weighted by Crippen LogP contribution is -2.29. The number of hydrogen-bond donors (Lipinski definition) is 1. The molecular weight excluding hydrogens is 152 g/mol. The van der Waals surface area contributed by atoms with Crippen molar-refractivity contribution in [1.29, 1.82) is 0 Å². The highest BCUT2D eigenvalue weighted by molar-refractivity contribution is 4.59. The van der Waals surface area contributed by atoms with Crippen molar-refractivity contribution in [3.8, 4) is 0 Å². The van der Waals surface area contributed by atoms with Crippen molar-refractivity contribution in [2.45, 2.75) is 52.7 Å². The number of hydrogen-bond acceptors (Lipinski definition) is 2. The van der Waals surface area contributed by atoms with Crippen molar-refractivity contribution in [2.75, 3.05) is 6.61 Å². The van der Waals surface area contributed by atoms with E-state index in [0.29, 0.717) is 18.9 Å². The van der Waals surface area contributed by atoms with Crippen LogP contribution in [0.3, 0.4) is 0 Å². The van der Waals surface area contributed by atoms with Gasteiger partial charge in [-0.2, -0.15) is 0 Å². The molecule has 74 valence electrons. The zero-order valence-corrected chi connectivity index (χ0v) is 8.76. The van der Waals surface area contributed by atoms with Gasteiger partial charge < -0.3 is 9.84 Å². The smallest absolute Gasteiger partial charge is 0.162 e. The van der Waals surface area contributed by atoms with E-state index in [1.165, 1.54) is 0 Å². The Balaban J connectivity index is 3.59. The summed E-state index contributed by atoms with van der Waals surface area (Å²) in [6, 6.07) is 0. The van der Waals surface area contributed by atoms with Crippen LogP contribution < -0.4 is 0 Å². The van der Waals surface area contributed by atoms with Crippen LogP contribution in [0.25, 0.3) is 0 Å². The Morgan fingerprint density at radius 1 is 1.42 bits per heavy atom. The normalized spacial score (nSPS) is 18.8. The third-order valence-corrected chi connectivity index (χ3v) is 2.09. The standard InChI is InChI=1S/C10H22O2/c1-5-7-10(4,11)12-8-9(3)6-2/h9,11H,5-8H2,1-4H3. The van der Waals surface area contributed by atoms with Crippen LogP contribution in [0.1, 0.15) is 47.0 Å². The van der Waals surface area contributed by atoms with E-state index in [1.54, 1.807) is 6.92 Å². The second kappa shape index (κ2) is 5.55. The molecule has 0 aliphatic rings. The lowest BCUT2D eigenvalue weighted by atomic mass is 10.1. The van der Waals surface area contributed by atoms with Gasteiger partial charge in [0.15, 0.2) is 5.79 Å². The maximum absolute atomic E-state index is 9.64. The van der Waals surface area contributed by atoms with Gasteiger partial charge >= 0.3 is 0 Å². The summed E-state index contributed by atoms with van der Waals surface area (Å²) in [4.78, 5) is 0. The fourth-order valence-electron chi connectivity index (χ4n) is 0.976. The molecule has 0 bridgehead atoms. The Labute approximate surface area is 75.9 Å². The molecule has 0 aromatic heterocycles. The third-order valence-electron chi connectivity index (χ3n) is 2.09. The summed E-state index contributed by atoms with van der Waals surface area (Å²) in [5, 5.41) is 9.64. The van der Waals surface area contributed by atoms with Crippen LogP contribution in [-0.2, 0) is 4.74 Å². The van der Waals surface area contributed by atoms with Crippen LogP contribution in [0, 0.1) is 5.92 Å². The summed E-state index contributed by atoms with van der Waals surface area (Å²) < 4.78 is 5.38. The first kappa shape index (κ1) is 11.9. The monoisotopic (exact) mass is 174 g/mol. The highest BCUT2D eigenvalue weighted by Gasteiger charge is 2.19. The quantitative estimate of drug-likeness (QED) is 0.627. The Hall–Kier alpha value is -0.0800. The van der Waals surface area contributed by atoms with Crippen molar-refractivity contribution in [3.63, 3.8) is 0 Å². The van der Waals surface area contributed by atoms with Gasteiger partial charge in [0.25, 0.3) is 0 Å². The average molecular weight is 174 g/mol. The van der Waals surface area contributed by atoms with E-state index in [2.05, 4.69) is 13.8 Å². The fraction of sp³-hybridized carbons (Fsp3) is 1.00. The minimum absolute atomic E-state index is 0.535. The molecule has 0 radical (unpaired) electrons. The molecular formula is C10H22O2. The van der Waals surface area contributed by atoms with Gasteiger partial charge in [0.05, 0.1) is 6.61 Å². The van der Waals surface area contributed by atoms with Crippen LogP contribution in [0.2, 0.25) is 0 Å². The fourth-order valence-corrected chi connectivity index (χ4v) is 0.976. The van der Waals surface area contributed by atoms with Crippen molar-refractivity contribution in [1.82, 2.24) is 0 Å². The van der Waals surface area contributed by atoms with E-state index in [-0.39, 0.29) is 0 Å². The summed E-state index contributed by atoms with van der Waals surface area (Å²) in [5.41, 5.74) is 0. The van der Waals surface area contributed by atoms with E-state index in [0.717, 1.165) is 12.8 Å². The van der Waals surface area contributed by atoms with Gasteiger partial charge in [-0.05, 0) is 12.8 Å². The van der Waals surface area contributed by atoms with Gasteiger partial charge in [-0.1, -0.05) is 33.6 Å². The van der Waals surface area contributed by atoms with Crippen molar-refractivity contribution < 1.29 is 9.84 Å². The van der Waals surface area contributed by atoms with E-state index < -0.39 is 5.79 Å². The third kappa shape index (κ3) is 5.56. The first-order valence-corrected chi connectivity index (χ1v) is 4.88. The number of ether oxygens (including phenoxy) is 1. The predicted octanol–water partition coefficient (Wildman–Crippen LogP) is 2.56. The van der Waals surface area contributed by atoms with Gasteiger partial charge in [0.1, 0.15) is 0 Å². The highest BCUT2D eigenvalue weighted by Crippen LogP contribution is 2.15. The Bertz CT molecular complexity index is 110. The Morgan fingerprint density at radius 2 is 2.00 bits per heavy atom. The number of aliphatic hydroxyl groups is 1. The van der Waals surface area contributed by atoms with E-state index in [1.807, 2.05) is 6.92 Å². The molecule has 0 saturated carbocycles. The van der Waals surface area contributed by atoms with Crippen LogP contribution >= 0.6 is 0 Å². The van der Waals surface area contributed by atoms with Gasteiger partial charge in [-0.15, -0.1) is 0 Å². The van der Waals surface area contributed by atoms with Gasteiger partial charge in [0.2, 0.25) is 0 Å². The van der Waals surface area contributed by atoms with E-state index in [4.69, 9.17) is 4.74 Å². The molecule has 0 rings (SSSR count). The zero-order valence-electron chi connectivity index (χ0n) is 8.76. The topological polar surface area (TPSA) is 29.5 Å². The van der Waals surface area contributed by atoms with Gasteiger partial charge in [-0.25, -0.2) is 0 Å². The maximum atomic E-state index is 9.64. The minimum atomic E-state index is -0.918. The van der Waals surface area contributed by atoms with Crippen molar-refractivity contribution >= 4 is 0 Å². The van der Waals surface area contributed by atoms with Crippen LogP contribution in [0.4, 0.5) is 0 Å². The second-order valence-corrected chi connectivity index (χ2v) is 3.75. The molecule has 0 saturated heterocycles. The summed E-state index contributed by atoms with van der Waals surface area (Å²) >= 11 is 0. The molecule has 0 spiro atoms. The minimum Gasteiger partial charge on any atom is -0.366 e. The second-order valence-electron chi connectivity index (χ2n) is 3.75. The maximum Gasteiger partial charge on any atom is 0.162 e. The largest absolute Gasteiger partial charge is 0.366 e. The molecule has 0 aromatic carbocycles. The SMILES string of the molecule is CCCC(C)(O)OCC(C)CC. The van der Waals surface area contributed by atoms with Gasteiger partial charge in [-0.3, -0.25) is 0 Å². The molecule has 1 N–H and O–H groups in total. The van der Waals surface area contributed by atoms with Crippen LogP contribution in [0.15, 0.2) is 0 Å². The molecule has 2 atom stereocenters. The van der Waals surface area contributed by atoms with E-state index >= 15 is 0 Å². The molecule has 0 aliphatic carbocycles. The van der Waals surface area contributed by atoms with E-state index in [9.17, 15) is 5.11 Å². The summed E-state index contributed by atoms with van der Waals surface area (Å²) in [7, 11) is 0. The first-order valence-electron chi connectivity index (χ1n) is 4.88. The average Bonchev–Trinajstić information content (AvgIpc) is 2.00. The van der Waals surface area contributed by atoms with Crippen LogP contribution in [-0.4, -0.2) is 17.5 Å². The zero-order chi connectivity index (χ0) is 9.61. The summed E-state index contributed by atoms with van der Waals surface area (Å²) in [6.07, 6.45) is 2.76. The Kier molecular flexibility index (Phi) is 5.51. The van der Waals surface area contributed by atoms with Crippen molar-refractivity contribution in [3.05, 3.63) is 0 Å². The summed E-state index contributed by atoms with van der Waals surface area (Å²) in [5.74, 6) is -0.383. The summed E-state index contributed by atoms with van der Waals surface area (Å²) in [6.45, 7) is 8.69. The Morgan fingerprint density at radius 3 is 2.42 bits per heavy atom. The molecule has 12 heavy (non-hydrogen) atoms. The first-order chi connectivity index (χ1) is 5.52. The molecule has 2 unspecified atom stereocenters. The molecule has 0 aromatic rings. The molecule has 0 amide bonds. The number of rotatable bonds is 6. The molecule has 2 heteroatoms. The lowest BCUT2D eigenvalue weighted by molar-refractivity contribution is -0.200.